The molecule has 1 fully saturated rings. The van der Waals surface area contributed by atoms with Crippen molar-refractivity contribution < 1.29 is 14.3 Å². The van der Waals surface area contributed by atoms with E-state index in [4.69, 9.17) is 9.47 Å². The van der Waals surface area contributed by atoms with Gasteiger partial charge in [0.05, 0.1) is 19.8 Å². The van der Waals surface area contributed by atoms with E-state index in [9.17, 15) is 4.79 Å². The van der Waals surface area contributed by atoms with E-state index >= 15 is 0 Å². The molecule has 6 heteroatoms. The van der Waals surface area contributed by atoms with Crippen LogP contribution in [0.15, 0.2) is 4.99 Å². The first kappa shape index (κ1) is 21.9. The van der Waals surface area contributed by atoms with E-state index in [1.807, 2.05) is 0 Å². The minimum atomic E-state index is -0.479. The molecule has 1 aliphatic heterocycles. The Kier molecular flexibility index (Phi) is 10.0. The van der Waals surface area contributed by atoms with Crippen LogP contribution in [0.5, 0.6) is 0 Å². The topological polar surface area (TPSA) is 54.4 Å². The van der Waals surface area contributed by atoms with Crippen molar-refractivity contribution in [1.29, 1.82) is 0 Å². The molecule has 0 aliphatic carbocycles. The highest BCUT2D eigenvalue weighted by molar-refractivity contribution is 5.95. The molecule has 0 bridgehead atoms. The van der Waals surface area contributed by atoms with Crippen LogP contribution in [0.3, 0.4) is 0 Å². The van der Waals surface area contributed by atoms with Gasteiger partial charge in [0.15, 0.2) is 0 Å². The standard InChI is InChI=1S/C19H37N3O3/c1-6-8-10-21(7-2)11-9-14-25-18(23)20-17(19(3,4)5)22-12-15-24-16-13-22/h6-16H2,1-5H3/b20-17-. The maximum absolute atomic E-state index is 12.1. The van der Waals surface area contributed by atoms with Gasteiger partial charge in [0.25, 0.3) is 0 Å². The van der Waals surface area contributed by atoms with Gasteiger partial charge < -0.3 is 19.3 Å². The highest BCUT2D eigenvalue weighted by atomic mass is 16.5. The van der Waals surface area contributed by atoms with Gasteiger partial charge in [0.1, 0.15) is 5.84 Å². The van der Waals surface area contributed by atoms with Crippen LogP contribution in [0.25, 0.3) is 0 Å². The summed E-state index contributed by atoms with van der Waals surface area (Å²) in [6, 6.07) is 0. The summed E-state index contributed by atoms with van der Waals surface area (Å²) >= 11 is 0. The molecule has 1 rings (SSSR count). The van der Waals surface area contributed by atoms with Crippen molar-refractivity contribution in [3.63, 3.8) is 0 Å². The van der Waals surface area contributed by atoms with Gasteiger partial charge in [-0.1, -0.05) is 41.0 Å². The van der Waals surface area contributed by atoms with Crippen molar-refractivity contribution in [2.24, 2.45) is 10.4 Å². The molecule has 146 valence electrons. The Labute approximate surface area is 153 Å². The molecule has 0 aromatic heterocycles. The summed E-state index contributed by atoms with van der Waals surface area (Å²) in [4.78, 5) is 20.9. The molecular weight excluding hydrogens is 318 g/mol. The average molecular weight is 356 g/mol. The largest absolute Gasteiger partial charge is 0.448 e. The maximum atomic E-state index is 12.1. The Morgan fingerprint density at radius 1 is 1.16 bits per heavy atom. The van der Waals surface area contributed by atoms with E-state index < -0.39 is 6.09 Å². The number of amides is 1. The molecule has 0 N–H and O–H groups in total. The zero-order valence-electron chi connectivity index (χ0n) is 16.8. The lowest BCUT2D eigenvalue weighted by atomic mass is 9.93. The molecule has 1 aliphatic rings. The molecule has 0 aromatic carbocycles. The second kappa shape index (κ2) is 11.5. The van der Waals surface area contributed by atoms with Gasteiger partial charge in [-0.15, -0.1) is 0 Å². The summed E-state index contributed by atoms with van der Waals surface area (Å²) in [5.41, 5.74) is -0.199. The number of amidine groups is 1. The summed E-state index contributed by atoms with van der Waals surface area (Å²) in [6.45, 7) is 17.0. The first-order valence-electron chi connectivity index (χ1n) is 9.69. The Morgan fingerprint density at radius 3 is 2.36 bits per heavy atom. The lowest BCUT2D eigenvalue weighted by molar-refractivity contribution is 0.0642. The highest BCUT2D eigenvalue weighted by Crippen LogP contribution is 2.20. The summed E-state index contributed by atoms with van der Waals surface area (Å²) in [7, 11) is 0. The third-order valence-corrected chi connectivity index (χ3v) is 4.30. The monoisotopic (exact) mass is 355 g/mol. The Balaban J connectivity index is 2.46. The number of carbonyl (C=O) groups is 1. The van der Waals surface area contributed by atoms with Gasteiger partial charge in [-0.25, -0.2) is 4.79 Å². The Hall–Kier alpha value is -1.14. The Morgan fingerprint density at radius 2 is 1.80 bits per heavy atom. The van der Waals surface area contributed by atoms with Gasteiger partial charge in [0, 0.05) is 25.0 Å². The van der Waals surface area contributed by atoms with Crippen LogP contribution in [0, 0.1) is 5.41 Å². The lowest BCUT2D eigenvalue weighted by Crippen LogP contribution is -2.46. The number of carbonyl (C=O) groups excluding carboxylic acids is 1. The van der Waals surface area contributed by atoms with Crippen molar-refractivity contribution in [3.8, 4) is 0 Å². The summed E-state index contributed by atoms with van der Waals surface area (Å²) in [5.74, 6) is 0.791. The number of hydrogen-bond donors (Lipinski definition) is 0. The molecule has 6 nitrogen and oxygen atoms in total. The minimum Gasteiger partial charge on any atom is -0.448 e. The molecule has 1 heterocycles. The number of aliphatic imine (C=N–C) groups is 1. The number of morpholine rings is 1. The quantitative estimate of drug-likeness (QED) is 0.379. The fourth-order valence-electron chi connectivity index (χ4n) is 2.86. The summed E-state index contributed by atoms with van der Waals surface area (Å²) in [5, 5.41) is 0. The molecule has 0 saturated carbocycles. The number of nitrogens with zero attached hydrogens (tertiary/aromatic N) is 3. The molecule has 0 atom stereocenters. The molecule has 0 unspecified atom stereocenters. The van der Waals surface area contributed by atoms with Gasteiger partial charge in [0.2, 0.25) is 0 Å². The predicted molar refractivity (Wildman–Crippen MR) is 102 cm³/mol. The van der Waals surface area contributed by atoms with Crippen LogP contribution in [-0.2, 0) is 9.47 Å². The average Bonchev–Trinajstić information content (AvgIpc) is 2.59. The first-order chi connectivity index (χ1) is 11.9. The molecular formula is C19H37N3O3. The number of unbranched alkanes of at least 4 members (excludes halogenated alkanes) is 1. The maximum Gasteiger partial charge on any atom is 0.435 e. The SMILES string of the molecule is CCCCN(CC)CCCOC(=O)/N=C(\N1CCOCC1)C(C)(C)C. The lowest BCUT2D eigenvalue weighted by Gasteiger charge is -2.35. The van der Waals surface area contributed by atoms with E-state index in [1.165, 1.54) is 12.8 Å². The minimum absolute atomic E-state index is 0.199. The number of rotatable bonds is 8. The van der Waals surface area contributed by atoms with E-state index in [2.05, 4.69) is 49.4 Å². The zero-order chi connectivity index (χ0) is 18.7. The van der Waals surface area contributed by atoms with Gasteiger partial charge >= 0.3 is 6.09 Å². The van der Waals surface area contributed by atoms with E-state index in [1.54, 1.807) is 0 Å². The van der Waals surface area contributed by atoms with E-state index in [0.29, 0.717) is 19.8 Å². The second-order valence-corrected chi connectivity index (χ2v) is 7.54. The molecule has 0 aromatic rings. The Bertz CT molecular complexity index is 413. The summed E-state index contributed by atoms with van der Waals surface area (Å²) < 4.78 is 10.7. The van der Waals surface area contributed by atoms with Gasteiger partial charge in [-0.3, -0.25) is 0 Å². The highest BCUT2D eigenvalue weighted by Gasteiger charge is 2.27. The van der Waals surface area contributed by atoms with Crippen molar-refractivity contribution >= 4 is 11.9 Å². The number of hydrogen-bond acceptors (Lipinski definition) is 4. The van der Waals surface area contributed by atoms with Crippen LogP contribution in [-0.4, -0.2) is 74.3 Å². The van der Waals surface area contributed by atoms with Crippen LogP contribution < -0.4 is 0 Å². The fraction of sp³-hybridized carbons (Fsp3) is 0.895. The normalized spacial score (nSPS) is 16.4. The van der Waals surface area contributed by atoms with E-state index in [-0.39, 0.29) is 5.41 Å². The van der Waals surface area contributed by atoms with E-state index in [0.717, 1.165) is 45.0 Å². The third-order valence-electron chi connectivity index (χ3n) is 4.30. The number of ether oxygens (including phenoxy) is 2. The summed E-state index contributed by atoms with van der Waals surface area (Å²) in [6.07, 6.45) is 2.79. The second-order valence-electron chi connectivity index (χ2n) is 7.54. The van der Waals surface area contributed by atoms with Crippen LogP contribution in [0.1, 0.15) is 53.9 Å². The fourth-order valence-corrected chi connectivity index (χ4v) is 2.86. The van der Waals surface area contributed by atoms with Crippen LogP contribution >= 0.6 is 0 Å². The third kappa shape index (κ3) is 8.68. The molecule has 1 saturated heterocycles. The van der Waals surface area contributed by atoms with Crippen molar-refractivity contribution in [3.05, 3.63) is 0 Å². The van der Waals surface area contributed by atoms with Crippen LogP contribution in [0.4, 0.5) is 4.79 Å². The molecule has 0 spiro atoms. The van der Waals surface area contributed by atoms with Crippen molar-refractivity contribution in [2.45, 2.75) is 53.9 Å². The first-order valence-corrected chi connectivity index (χ1v) is 9.69. The van der Waals surface area contributed by atoms with Crippen molar-refractivity contribution in [1.82, 2.24) is 9.80 Å². The molecule has 0 radical (unpaired) electrons. The van der Waals surface area contributed by atoms with Crippen LogP contribution in [0.2, 0.25) is 0 Å². The predicted octanol–water partition coefficient (Wildman–Crippen LogP) is 3.41. The smallest absolute Gasteiger partial charge is 0.435 e. The zero-order valence-corrected chi connectivity index (χ0v) is 16.8. The van der Waals surface area contributed by atoms with Gasteiger partial charge in [-0.2, -0.15) is 4.99 Å². The van der Waals surface area contributed by atoms with Crippen molar-refractivity contribution in [2.75, 3.05) is 52.5 Å². The van der Waals surface area contributed by atoms with Gasteiger partial charge in [-0.05, 0) is 25.9 Å². The molecule has 1 amide bonds. The molecule has 25 heavy (non-hydrogen) atoms.